The van der Waals surface area contributed by atoms with E-state index in [2.05, 4.69) is 44.0 Å². The molecule has 0 amide bonds. The molecule has 0 unspecified atom stereocenters. The summed E-state index contributed by atoms with van der Waals surface area (Å²) in [5.74, 6) is 0. The summed E-state index contributed by atoms with van der Waals surface area (Å²) in [4.78, 5) is 0. The van der Waals surface area contributed by atoms with Crippen LogP contribution in [-0.2, 0) is 0 Å². The quantitative estimate of drug-likeness (QED) is 0.538. The third kappa shape index (κ3) is 5.35. The maximum Gasteiger partial charge on any atom is 0.0273 e. The van der Waals surface area contributed by atoms with Crippen molar-refractivity contribution in [1.82, 2.24) is 0 Å². The monoisotopic (exact) mass is 320 g/mol. The minimum atomic E-state index is 1.17. The first-order valence-electron chi connectivity index (χ1n) is 5.51. The normalized spacial score (nSPS) is 21.6. The van der Waals surface area contributed by atoms with Crippen LogP contribution < -0.4 is 0 Å². The molecule has 0 atom stereocenters. The van der Waals surface area contributed by atoms with E-state index in [1.807, 2.05) is 0 Å². The lowest BCUT2D eigenvalue weighted by atomic mass is 10.1. The fourth-order valence-electron chi connectivity index (χ4n) is 1.65. The third-order valence-corrected chi connectivity index (χ3v) is 4.64. The van der Waals surface area contributed by atoms with Crippen molar-refractivity contribution in [2.45, 2.75) is 51.4 Å². The fourth-order valence-corrected chi connectivity index (χ4v) is 2.44. The third-order valence-electron chi connectivity index (χ3n) is 2.54. The van der Waals surface area contributed by atoms with Crippen LogP contribution in [0.3, 0.4) is 0 Å². The van der Waals surface area contributed by atoms with E-state index in [-0.39, 0.29) is 0 Å². The van der Waals surface area contributed by atoms with Crippen molar-refractivity contribution in [2.75, 3.05) is 0 Å². The van der Waals surface area contributed by atoms with Gasteiger partial charge >= 0.3 is 0 Å². The molecule has 0 spiro atoms. The highest BCUT2D eigenvalue weighted by molar-refractivity contribution is 9.14. The van der Waals surface area contributed by atoms with Crippen molar-refractivity contribution >= 4 is 31.9 Å². The largest absolute Gasteiger partial charge is 0.0834 e. The summed E-state index contributed by atoms with van der Waals surface area (Å²) in [6.45, 7) is 0. The molecule has 1 rings (SSSR count). The SMILES string of the molecule is BrC1=C(Br)CCCCCCCCC=C1. The van der Waals surface area contributed by atoms with Crippen molar-refractivity contribution in [3.8, 4) is 0 Å². The molecule has 0 aromatic carbocycles. The molecule has 0 radical (unpaired) electrons. The molecule has 1 aliphatic carbocycles. The summed E-state index contributed by atoms with van der Waals surface area (Å²) in [5.41, 5.74) is 0. The molecule has 0 fully saturated rings. The van der Waals surface area contributed by atoms with Gasteiger partial charge < -0.3 is 0 Å². The minimum Gasteiger partial charge on any atom is -0.0834 e. The molecule has 1 aliphatic rings. The number of rotatable bonds is 0. The van der Waals surface area contributed by atoms with Gasteiger partial charge in [0.05, 0.1) is 0 Å². The first-order chi connectivity index (χ1) is 6.80. The molecule has 0 nitrogen and oxygen atoms in total. The Morgan fingerprint density at radius 1 is 0.857 bits per heavy atom. The summed E-state index contributed by atoms with van der Waals surface area (Å²) in [7, 11) is 0. The Morgan fingerprint density at radius 3 is 2.29 bits per heavy atom. The van der Waals surface area contributed by atoms with Gasteiger partial charge in [-0.1, -0.05) is 53.8 Å². The number of halogens is 2. The van der Waals surface area contributed by atoms with E-state index >= 15 is 0 Å². The van der Waals surface area contributed by atoms with Crippen LogP contribution in [0.5, 0.6) is 0 Å². The van der Waals surface area contributed by atoms with Crippen molar-refractivity contribution in [3.05, 3.63) is 21.1 Å². The highest BCUT2D eigenvalue weighted by Gasteiger charge is 1.99. The van der Waals surface area contributed by atoms with Crippen LogP contribution in [0.15, 0.2) is 21.1 Å². The van der Waals surface area contributed by atoms with Crippen LogP contribution in [0, 0.1) is 0 Å². The van der Waals surface area contributed by atoms with E-state index in [0.29, 0.717) is 0 Å². The van der Waals surface area contributed by atoms with Crippen LogP contribution in [-0.4, -0.2) is 0 Å². The van der Waals surface area contributed by atoms with Gasteiger partial charge in [0.2, 0.25) is 0 Å². The van der Waals surface area contributed by atoms with Crippen molar-refractivity contribution in [2.24, 2.45) is 0 Å². The molecule has 0 bridgehead atoms. The molecule has 0 saturated carbocycles. The predicted octanol–water partition coefficient (Wildman–Crippen LogP) is 5.68. The van der Waals surface area contributed by atoms with Crippen molar-refractivity contribution < 1.29 is 0 Å². The van der Waals surface area contributed by atoms with Gasteiger partial charge in [-0.05, 0) is 41.6 Å². The summed E-state index contributed by atoms with van der Waals surface area (Å²) in [6, 6.07) is 0. The first-order valence-corrected chi connectivity index (χ1v) is 7.10. The lowest BCUT2D eigenvalue weighted by Gasteiger charge is -2.04. The van der Waals surface area contributed by atoms with Crippen LogP contribution >= 0.6 is 31.9 Å². The second kappa shape index (κ2) is 7.70. The standard InChI is InChI=1S/C12H18Br2/c13-11-9-7-5-3-1-2-4-6-8-10-12(11)14/h7,9H,1-6,8,10H2. The van der Waals surface area contributed by atoms with Gasteiger partial charge in [0.1, 0.15) is 0 Å². The molecule has 0 N–H and O–H groups in total. The molecular weight excluding hydrogens is 304 g/mol. The Balaban J connectivity index is 2.50. The number of hydrogen-bond acceptors (Lipinski definition) is 0. The molecule has 0 saturated heterocycles. The average Bonchev–Trinajstić information content (AvgIpc) is 2.18. The highest BCUT2D eigenvalue weighted by Crippen LogP contribution is 2.25. The molecule has 0 aliphatic heterocycles. The van der Waals surface area contributed by atoms with Gasteiger partial charge in [-0.15, -0.1) is 0 Å². The average molecular weight is 322 g/mol. The van der Waals surface area contributed by atoms with Crippen LogP contribution in [0.4, 0.5) is 0 Å². The van der Waals surface area contributed by atoms with E-state index in [1.54, 1.807) is 0 Å². The smallest absolute Gasteiger partial charge is 0.0273 e. The maximum atomic E-state index is 3.63. The summed E-state index contributed by atoms with van der Waals surface area (Å²) >= 11 is 7.21. The van der Waals surface area contributed by atoms with Crippen molar-refractivity contribution in [1.29, 1.82) is 0 Å². The van der Waals surface area contributed by atoms with Crippen LogP contribution in [0.2, 0.25) is 0 Å². The Bertz CT molecular complexity index is 216. The Hall–Kier alpha value is 0.440. The van der Waals surface area contributed by atoms with E-state index < -0.39 is 0 Å². The molecule has 80 valence electrons. The molecule has 0 aromatic rings. The van der Waals surface area contributed by atoms with Crippen LogP contribution in [0.25, 0.3) is 0 Å². The summed E-state index contributed by atoms with van der Waals surface area (Å²) in [6.07, 6.45) is 15.1. The molecule has 14 heavy (non-hydrogen) atoms. The van der Waals surface area contributed by atoms with E-state index in [0.717, 1.165) is 0 Å². The van der Waals surface area contributed by atoms with Crippen molar-refractivity contribution in [3.63, 3.8) is 0 Å². The zero-order valence-electron chi connectivity index (χ0n) is 8.57. The molecule has 0 heterocycles. The maximum absolute atomic E-state index is 3.63. The Morgan fingerprint density at radius 2 is 1.50 bits per heavy atom. The molecule has 2 heteroatoms. The van der Waals surface area contributed by atoms with Crippen LogP contribution in [0.1, 0.15) is 51.4 Å². The number of allylic oxidation sites excluding steroid dienone is 4. The highest BCUT2D eigenvalue weighted by atomic mass is 79.9. The summed E-state index contributed by atoms with van der Waals surface area (Å²) < 4.78 is 2.53. The summed E-state index contributed by atoms with van der Waals surface area (Å²) in [5, 5.41) is 0. The minimum absolute atomic E-state index is 1.17. The zero-order valence-corrected chi connectivity index (χ0v) is 11.7. The topological polar surface area (TPSA) is 0 Å². The lowest BCUT2D eigenvalue weighted by molar-refractivity contribution is 0.598. The lowest BCUT2D eigenvalue weighted by Crippen LogP contribution is -1.83. The Labute approximate surface area is 104 Å². The second-order valence-corrected chi connectivity index (χ2v) is 5.63. The Kier molecular flexibility index (Phi) is 6.88. The zero-order chi connectivity index (χ0) is 10.2. The molecule has 0 aromatic heterocycles. The van der Waals surface area contributed by atoms with Gasteiger partial charge in [0.15, 0.2) is 0 Å². The van der Waals surface area contributed by atoms with E-state index in [4.69, 9.17) is 0 Å². The van der Waals surface area contributed by atoms with E-state index in [1.165, 1.54) is 60.3 Å². The van der Waals surface area contributed by atoms with Gasteiger partial charge in [-0.3, -0.25) is 0 Å². The molecular formula is C12H18Br2. The van der Waals surface area contributed by atoms with E-state index in [9.17, 15) is 0 Å². The van der Waals surface area contributed by atoms with Gasteiger partial charge in [-0.25, -0.2) is 0 Å². The predicted molar refractivity (Wildman–Crippen MR) is 71.0 cm³/mol. The fraction of sp³-hybridized carbons (Fsp3) is 0.667. The number of hydrogen-bond donors (Lipinski definition) is 0. The second-order valence-electron chi connectivity index (χ2n) is 3.82. The first kappa shape index (κ1) is 12.5. The van der Waals surface area contributed by atoms with Gasteiger partial charge in [0, 0.05) is 8.96 Å². The van der Waals surface area contributed by atoms with Gasteiger partial charge in [0.25, 0.3) is 0 Å². The van der Waals surface area contributed by atoms with Gasteiger partial charge in [-0.2, -0.15) is 0 Å².